The van der Waals surface area contributed by atoms with E-state index in [-0.39, 0.29) is 18.9 Å². The molecule has 0 bridgehead atoms. The van der Waals surface area contributed by atoms with Crippen LogP contribution in [-0.4, -0.2) is 29.2 Å². The van der Waals surface area contributed by atoms with Gasteiger partial charge < -0.3 is 10.1 Å². The lowest BCUT2D eigenvalue weighted by atomic mass is 10.2. The number of hydrogen-bond acceptors (Lipinski definition) is 4. The monoisotopic (exact) mass is 387 g/mol. The van der Waals surface area contributed by atoms with E-state index >= 15 is 0 Å². The van der Waals surface area contributed by atoms with Gasteiger partial charge in [0.15, 0.2) is 0 Å². The van der Waals surface area contributed by atoms with Crippen LogP contribution in [0.2, 0.25) is 0 Å². The fraction of sp³-hybridized carbons (Fsp3) is 0.333. The summed E-state index contributed by atoms with van der Waals surface area (Å²) in [6, 6.07) is 14.9. The van der Waals surface area contributed by atoms with Gasteiger partial charge in [-0.1, -0.05) is 42.5 Å². The fourth-order valence-corrected chi connectivity index (χ4v) is 2.44. The molecule has 6 nitrogen and oxygen atoms in total. The van der Waals surface area contributed by atoms with Gasteiger partial charge in [0.2, 0.25) is 0 Å². The van der Waals surface area contributed by atoms with Crippen LogP contribution in [0.1, 0.15) is 31.9 Å². The van der Waals surface area contributed by atoms with Crippen molar-refractivity contribution in [3.63, 3.8) is 0 Å². The molecule has 2 amide bonds. The van der Waals surface area contributed by atoms with E-state index in [2.05, 4.69) is 10.7 Å². The van der Waals surface area contributed by atoms with Gasteiger partial charge in [0, 0.05) is 13.1 Å². The third-order valence-electron chi connectivity index (χ3n) is 3.58. The van der Waals surface area contributed by atoms with Crippen LogP contribution in [0.5, 0.6) is 0 Å². The second-order valence-corrected chi connectivity index (χ2v) is 7.35. The first kappa shape index (κ1) is 21.4. The number of carbonyl (C=O) groups is 2. The molecule has 0 aliphatic carbocycles. The molecule has 2 rings (SSSR count). The zero-order chi connectivity index (χ0) is 20.6. The molecule has 0 aliphatic rings. The van der Waals surface area contributed by atoms with Crippen LogP contribution >= 0.6 is 0 Å². The van der Waals surface area contributed by atoms with Gasteiger partial charge >= 0.3 is 12.0 Å². The summed E-state index contributed by atoms with van der Waals surface area (Å²) in [4.78, 5) is 24.4. The summed E-state index contributed by atoms with van der Waals surface area (Å²) < 4.78 is 18.4. The highest BCUT2D eigenvalue weighted by molar-refractivity contribution is 5.75. The van der Waals surface area contributed by atoms with E-state index in [4.69, 9.17) is 4.74 Å². The number of rotatable bonds is 7. The SMILES string of the molecule is CC(C)(C)OC(=O)CN(Cc1ccc(F)cc1)NC(=O)NCc1ccccc1. The van der Waals surface area contributed by atoms with Crippen LogP contribution in [0.25, 0.3) is 0 Å². The van der Waals surface area contributed by atoms with Crippen LogP contribution in [0, 0.1) is 5.82 Å². The minimum Gasteiger partial charge on any atom is -0.459 e. The summed E-state index contributed by atoms with van der Waals surface area (Å²) in [6.07, 6.45) is 0. The first-order valence-electron chi connectivity index (χ1n) is 9.01. The number of ether oxygens (including phenoxy) is 1. The Morgan fingerprint density at radius 3 is 2.25 bits per heavy atom. The van der Waals surface area contributed by atoms with Crippen molar-refractivity contribution in [3.05, 3.63) is 71.5 Å². The second kappa shape index (κ2) is 9.85. The average molecular weight is 387 g/mol. The van der Waals surface area contributed by atoms with Gasteiger partial charge in [-0.3, -0.25) is 10.2 Å². The summed E-state index contributed by atoms with van der Waals surface area (Å²) in [5.74, 6) is -0.825. The highest BCUT2D eigenvalue weighted by Crippen LogP contribution is 2.09. The second-order valence-electron chi connectivity index (χ2n) is 7.35. The van der Waals surface area contributed by atoms with Crippen LogP contribution < -0.4 is 10.7 Å². The minimum absolute atomic E-state index is 0.145. The molecule has 0 radical (unpaired) electrons. The van der Waals surface area contributed by atoms with E-state index in [1.54, 1.807) is 32.9 Å². The molecule has 2 N–H and O–H groups in total. The zero-order valence-corrected chi connectivity index (χ0v) is 16.4. The highest BCUT2D eigenvalue weighted by atomic mass is 19.1. The number of urea groups is 1. The summed E-state index contributed by atoms with van der Waals surface area (Å²) in [5, 5.41) is 4.17. The van der Waals surface area contributed by atoms with Gasteiger partial charge in [0.05, 0.1) is 0 Å². The Bertz CT molecular complexity index is 774. The smallest absolute Gasteiger partial charge is 0.329 e. The van der Waals surface area contributed by atoms with Gasteiger partial charge in [-0.05, 0) is 44.0 Å². The number of hydrazine groups is 1. The van der Waals surface area contributed by atoms with Crippen LogP contribution in [0.4, 0.5) is 9.18 Å². The Hall–Kier alpha value is -2.93. The maximum atomic E-state index is 13.1. The molecule has 0 spiro atoms. The Morgan fingerprint density at radius 2 is 1.64 bits per heavy atom. The lowest BCUT2D eigenvalue weighted by Gasteiger charge is -2.25. The third-order valence-corrected chi connectivity index (χ3v) is 3.58. The van der Waals surface area contributed by atoms with Crippen molar-refractivity contribution in [2.45, 2.75) is 39.5 Å². The molecule has 0 aromatic heterocycles. The molecule has 150 valence electrons. The molecule has 0 atom stereocenters. The van der Waals surface area contributed by atoms with Crippen molar-refractivity contribution < 1.29 is 18.7 Å². The van der Waals surface area contributed by atoms with Crippen LogP contribution in [-0.2, 0) is 22.6 Å². The van der Waals surface area contributed by atoms with Crippen molar-refractivity contribution in [1.29, 1.82) is 0 Å². The maximum absolute atomic E-state index is 13.1. The lowest BCUT2D eigenvalue weighted by Crippen LogP contribution is -2.49. The molecule has 0 aliphatic heterocycles. The molecule has 7 heteroatoms. The molecule has 0 fully saturated rings. The molecule has 28 heavy (non-hydrogen) atoms. The number of nitrogens with one attached hydrogen (secondary N) is 2. The molecule has 2 aromatic carbocycles. The van der Waals surface area contributed by atoms with Crippen LogP contribution in [0.3, 0.4) is 0 Å². The van der Waals surface area contributed by atoms with E-state index in [1.807, 2.05) is 30.3 Å². The van der Waals surface area contributed by atoms with Crippen molar-refractivity contribution >= 4 is 12.0 Å². The third kappa shape index (κ3) is 8.18. The van der Waals surface area contributed by atoms with Gasteiger partial charge in [-0.2, -0.15) is 0 Å². The van der Waals surface area contributed by atoms with Gasteiger partial charge in [-0.25, -0.2) is 14.2 Å². The van der Waals surface area contributed by atoms with E-state index in [0.29, 0.717) is 6.54 Å². The molecular formula is C21H26FN3O3. The maximum Gasteiger partial charge on any atom is 0.329 e. The largest absolute Gasteiger partial charge is 0.459 e. The summed E-state index contributed by atoms with van der Waals surface area (Å²) >= 11 is 0. The summed E-state index contributed by atoms with van der Waals surface area (Å²) in [7, 11) is 0. The highest BCUT2D eigenvalue weighted by Gasteiger charge is 2.20. The molecule has 2 aromatic rings. The molecule has 0 unspecified atom stereocenters. The van der Waals surface area contributed by atoms with Gasteiger partial charge in [-0.15, -0.1) is 0 Å². The Labute approximate surface area is 164 Å². The first-order valence-corrected chi connectivity index (χ1v) is 9.01. The summed E-state index contributed by atoms with van der Waals surface area (Å²) in [5.41, 5.74) is 3.72. The Balaban J connectivity index is 1.98. The number of carbonyl (C=O) groups excluding carboxylic acids is 2. The number of amides is 2. The van der Waals surface area contributed by atoms with Gasteiger partial charge in [0.25, 0.3) is 0 Å². The van der Waals surface area contributed by atoms with Crippen molar-refractivity contribution in [3.8, 4) is 0 Å². The minimum atomic E-state index is -0.631. The number of halogens is 1. The van der Waals surface area contributed by atoms with E-state index in [1.165, 1.54) is 17.1 Å². The van der Waals surface area contributed by atoms with Crippen molar-refractivity contribution in [2.24, 2.45) is 0 Å². The van der Waals surface area contributed by atoms with Crippen molar-refractivity contribution in [2.75, 3.05) is 6.54 Å². The van der Waals surface area contributed by atoms with Crippen LogP contribution in [0.15, 0.2) is 54.6 Å². The zero-order valence-electron chi connectivity index (χ0n) is 16.4. The van der Waals surface area contributed by atoms with E-state index in [0.717, 1.165) is 11.1 Å². The lowest BCUT2D eigenvalue weighted by molar-refractivity contribution is -0.156. The topological polar surface area (TPSA) is 70.7 Å². The molecule has 0 heterocycles. The molecular weight excluding hydrogens is 361 g/mol. The number of benzene rings is 2. The number of esters is 1. The number of hydrogen-bond donors (Lipinski definition) is 2. The predicted octanol–water partition coefficient (Wildman–Crippen LogP) is 3.38. The van der Waals surface area contributed by atoms with E-state index < -0.39 is 17.6 Å². The predicted molar refractivity (Wildman–Crippen MR) is 104 cm³/mol. The standard InChI is InChI=1S/C21H26FN3O3/c1-21(2,3)28-19(26)15-25(14-17-9-11-18(22)12-10-17)24-20(27)23-13-16-7-5-4-6-8-16/h4-12H,13-15H2,1-3H3,(H2,23,24,27). The Kier molecular flexibility index (Phi) is 7.52. The van der Waals surface area contributed by atoms with Crippen molar-refractivity contribution in [1.82, 2.24) is 15.8 Å². The van der Waals surface area contributed by atoms with Gasteiger partial charge in [0.1, 0.15) is 18.0 Å². The molecule has 0 saturated carbocycles. The molecule has 0 saturated heterocycles. The summed E-state index contributed by atoms with van der Waals surface area (Å²) in [6.45, 7) is 5.74. The normalized spacial score (nSPS) is 11.2. The number of nitrogens with zero attached hydrogens (tertiary/aromatic N) is 1. The average Bonchev–Trinajstić information content (AvgIpc) is 2.61. The quantitative estimate of drug-likeness (QED) is 0.564. The fourth-order valence-electron chi connectivity index (χ4n) is 2.44. The van der Waals surface area contributed by atoms with E-state index in [9.17, 15) is 14.0 Å². The first-order chi connectivity index (χ1) is 13.2. The Morgan fingerprint density at radius 1 is 1.00 bits per heavy atom.